The molecule has 0 saturated heterocycles. The molecule has 0 aliphatic rings. The monoisotopic (exact) mass is 398 g/mol. The van der Waals surface area contributed by atoms with Crippen LogP contribution >= 0.6 is 11.6 Å². The lowest BCUT2D eigenvalue weighted by molar-refractivity contribution is 0.0948. The summed E-state index contributed by atoms with van der Waals surface area (Å²) in [6.45, 7) is 0.990. The van der Waals surface area contributed by atoms with Crippen molar-refractivity contribution in [2.45, 2.75) is 12.8 Å². The summed E-state index contributed by atoms with van der Waals surface area (Å²) in [4.78, 5) is 12.1. The second-order valence-electron chi connectivity index (χ2n) is 6.21. The number of amides is 1. The van der Waals surface area contributed by atoms with Crippen LogP contribution in [-0.2, 0) is 12.8 Å². The van der Waals surface area contributed by atoms with Crippen LogP contribution in [0.5, 0.6) is 0 Å². The van der Waals surface area contributed by atoms with Gasteiger partial charge < -0.3 is 10.6 Å². The molecule has 0 atom stereocenters. The summed E-state index contributed by atoms with van der Waals surface area (Å²) in [6, 6.07) is 17.5. The van der Waals surface area contributed by atoms with E-state index >= 15 is 0 Å². The van der Waals surface area contributed by atoms with E-state index < -0.39 is 0 Å². The standard InChI is InChI=1S/C21H20ClFN4O/c22-17-6-3-4-15(14-17)10-12-24-20-9-8-19(26-27-20)21(28)25-13-11-16-5-1-2-7-18(16)23/h1-9,14H,10-13H2,(H,24,27)(H,25,28). The van der Waals surface area contributed by atoms with E-state index in [4.69, 9.17) is 11.6 Å². The van der Waals surface area contributed by atoms with Gasteiger partial charge in [-0.05, 0) is 54.3 Å². The molecule has 2 aromatic carbocycles. The van der Waals surface area contributed by atoms with E-state index in [1.165, 1.54) is 6.07 Å². The average Bonchev–Trinajstić information content (AvgIpc) is 2.70. The molecule has 0 saturated carbocycles. The lowest BCUT2D eigenvalue weighted by Gasteiger charge is -2.07. The summed E-state index contributed by atoms with van der Waals surface area (Å²) in [7, 11) is 0. The molecule has 3 aromatic rings. The third-order valence-corrected chi connectivity index (χ3v) is 4.38. The Bertz CT molecular complexity index is 934. The van der Waals surface area contributed by atoms with Crippen LogP contribution in [-0.4, -0.2) is 29.2 Å². The van der Waals surface area contributed by atoms with Gasteiger partial charge in [0, 0.05) is 18.1 Å². The molecule has 0 aliphatic carbocycles. The van der Waals surface area contributed by atoms with Crippen molar-refractivity contribution < 1.29 is 9.18 Å². The maximum absolute atomic E-state index is 13.6. The van der Waals surface area contributed by atoms with Gasteiger partial charge in [-0.15, -0.1) is 10.2 Å². The number of carbonyl (C=O) groups excluding carboxylic acids is 1. The molecule has 2 N–H and O–H groups in total. The minimum absolute atomic E-state index is 0.217. The first-order valence-electron chi connectivity index (χ1n) is 8.95. The van der Waals surface area contributed by atoms with Crippen molar-refractivity contribution in [1.82, 2.24) is 15.5 Å². The molecule has 1 heterocycles. The van der Waals surface area contributed by atoms with Crippen LogP contribution in [0, 0.1) is 5.82 Å². The maximum Gasteiger partial charge on any atom is 0.271 e. The van der Waals surface area contributed by atoms with Crippen LogP contribution in [0.3, 0.4) is 0 Å². The molecular formula is C21H20ClFN4O. The van der Waals surface area contributed by atoms with Crippen molar-refractivity contribution in [3.63, 3.8) is 0 Å². The molecule has 0 unspecified atom stereocenters. The minimum Gasteiger partial charge on any atom is -0.368 e. The summed E-state index contributed by atoms with van der Waals surface area (Å²) >= 11 is 5.97. The van der Waals surface area contributed by atoms with Gasteiger partial charge in [-0.1, -0.05) is 41.9 Å². The van der Waals surface area contributed by atoms with Crippen molar-refractivity contribution in [3.8, 4) is 0 Å². The Labute approximate surface area is 168 Å². The van der Waals surface area contributed by atoms with Gasteiger partial charge in [0.1, 0.15) is 11.6 Å². The maximum atomic E-state index is 13.6. The molecule has 0 spiro atoms. The van der Waals surface area contributed by atoms with Crippen LogP contribution in [0.1, 0.15) is 21.6 Å². The van der Waals surface area contributed by atoms with Gasteiger partial charge in [-0.2, -0.15) is 0 Å². The number of nitrogens with zero attached hydrogens (tertiary/aromatic N) is 2. The molecule has 0 aliphatic heterocycles. The second-order valence-corrected chi connectivity index (χ2v) is 6.64. The van der Waals surface area contributed by atoms with E-state index in [0.29, 0.717) is 35.9 Å². The fraction of sp³-hybridized carbons (Fsp3) is 0.190. The van der Waals surface area contributed by atoms with Gasteiger partial charge in [0.05, 0.1) is 0 Å². The van der Waals surface area contributed by atoms with E-state index in [2.05, 4.69) is 20.8 Å². The van der Waals surface area contributed by atoms with E-state index in [1.807, 2.05) is 24.3 Å². The highest BCUT2D eigenvalue weighted by molar-refractivity contribution is 6.30. The first-order chi connectivity index (χ1) is 13.6. The summed E-state index contributed by atoms with van der Waals surface area (Å²) in [5, 5.41) is 14.6. The zero-order valence-corrected chi connectivity index (χ0v) is 15.9. The predicted octanol–water partition coefficient (Wildman–Crippen LogP) is 3.90. The number of hydrogen-bond acceptors (Lipinski definition) is 4. The summed E-state index contributed by atoms with van der Waals surface area (Å²) in [5.74, 6) is -0.0241. The molecular weight excluding hydrogens is 379 g/mol. The Hall–Kier alpha value is -2.99. The number of carbonyl (C=O) groups is 1. The Kier molecular flexibility index (Phi) is 6.92. The Balaban J connectivity index is 1.44. The van der Waals surface area contributed by atoms with Gasteiger partial charge >= 0.3 is 0 Å². The molecule has 3 rings (SSSR count). The van der Waals surface area contributed by atoms with E-state index in [9.17, 15) is 9.18 Å². The number of anilines is 1. The molecule has 28 heavy (non-hydrogen) atoms. The number of aromatic nitrogens is 2. The molecule has 7 heteroatoms. The van der Waals surface area contributed by atoms with E-state index in [0.717, 1.165) is 12.0 Å². The van der Waals surface area contributed by atoms with Crippen LogP contribution in [0.4, 0.5) is 10.2 Å². The number of halogens is 2. The Morgan fingerprint density at radius 2 is 1.82 bits per heavy atom. The van der Waals surface area contributed by atoms with Crippen LogP contribution in [0.25, 0.3) is 0 Å². The lowest BCUT2D eigenvalue weighted by atomic mass is 10.1. The third kappa shape index (κ3) is 5.76. The quantitative estimate of drug-likeness (QED) is 0.604. The smallest absolute Gasteiger partial charge is 0.271 e. The summed E-state index contributed by atoms with van der Waals surface area (Å²) in [6.07, 6.45) is 1.20. The molecule has 5 nitrogen and oxygen atoms in total. The molecule has 144 valence electrons. The van der Waals surface area contributed by atoms with E-state index in [1.54, 1.807) is 30.3 Å². The van der Waals surface area contributed by atoms with Crippen LogP contribution in [0.2, 0.25) is 5.02 Å². The summed E-state index contributed by atoms with van der Waals surface area (Å²) < 4.78 is 13.6. The zero-order valence-electron chi connectivity index (χ0n) is 15.2. The normalized spacial score (nSPS) is 10.5. The molecule has 0 bridgehead atoms. The predicted molar refractivity (Wildman–Crippen MR) is 108 cm³/mol. The summed E-state index contributed by atoms with van der Waals surface area (Å²) in [5.41, 5.74) is 1.90. The zero-order chi connectivity index (χ0) is 19.8. The number of hydrogen-bond donors (Lipinski definition) is 2. The largest absolute Gasteiger partial charge is 0.368 e. The van der Waals surface area contributed by atoms with Crippen molar-refractivity contribution in [1.29, 1.82) is 0 Å². The van der Waals surface area contributed by atoms with E-state index in [-0.39, 0.29) is 17.4 Å². The average molecular weight is 399 g/mol. The fourth-order valence-corrected chi connectivity index (χ4v) is 2.89. The van der Waals surface area contributed by atoms with Crippen molar-refractivity contribution >= 4 is 23.3 Å². The number of nitrogens with one attached hydrogen (secondary N) is 2. The van der Waals surface area contributed by atoms with Crippen LogP contribution < -0.4 is 10.6 Å². The van der Waals surface area contributed by atoms with Crippen LogP contribution in [0.15, 0.2) is 60.7 Å². The van der Waals surface area contributed by atoms with Gasteiger partial charge in [0.15, 0.2) is 5.69 Å². The highest BCUT2D eigenvalue weighted by atomic mass is 35.5. The first-order valence-corrected chi connectivity index (χ1v) is 9.33. The molecule has 0 fully saturated rings. The van der Waals surface area contributed by atoms with Gasteiger partial charge in [-0.3, -0.25) is 4.79 Å². The number of benzene rings is 2. The molecule has 1 aromatic heterocycles. The topological polar surface area (TPSA) is 66.9 Å². The van der Waals surface area contributed by atoms with Crippen molar-refractivity contribution in [2.24, 2.45) is 0 Å². The van der Waals surface area contributed by atoms with Gasteiger partial charge in [0.2, 0.25) is 0 Å². The fourth-order valence-electron chi connectivity index (χ4n) is 2.68. The second kappa shape index (κ2) is 9.80. The van der Waals surface area contributed by atoms with Gasteiger partial charge in [0.25, 0.3) is 5.91 Å². The number of rotatable bonds is 8. The SMILES string of the molecule is O=C(NCCc1ccccc1F)c1ccc(NCCc2cccc(Cl)c2)nn1. The Morgan fingerprint density at radius 3 is 2.57 bits per heavy atom. The highest BCUT2D eigenvalue weighted by Crippen LogP contribution is 2.11. The third-order valence-electron chi connectivity index (χ3n) is 4.14. The Morgan fingerprint density at radius 1 is 0.964 bits per heavy atom. The van der Waals surface area contributed by atoms with Gasteiger partial charge in [-0.25, -0.2) is 4.39 Å². The molecule has 0 radical (unpaired) electrons. The first kappa shape index (κ1) is 19.8. The molecule has 1 amide bonds. The van der Waals surface area contributed by atoms with Crippen molar-refractivity contribution in [2.75, 3.05) is 18.4 Å². The minimum atomic E-state index is -0.339. The van der Waals surface area contributed by atoms with Crippen molar-refractivity contribution in [3.05, 3.63) is 88.3 Å². The highest BCUT2D eigenvalue weighted by Gasteiger charge is 2.08. The lowest BCUT2D eigenvalue weighted by Crippen LogP contribution is -2.27.